The average molecular weight is 413 g/mol. The van der Waals surface area contributed by atoms with E-state index in [9.17, 15) is 18.8 Å². The van der Waals surface area contributed by atoms with Gasteiger partial charge in [-0.2, -0.15) is 4.98 Å². The lowest BCUT2D eigenvalue weighted by Gasteiger charge is -2.39. The van der Waals surface area contributed by atoms with Crippen molar-refractivity contribution in [3.63, 3.8) is 0 Å². The molecule has 158 valence electrons. The molecule has 4 rings (SSSR count). The Hall–Kier alpha value is -3.23. The van der Waals surface area contributed by atoms with Gasteiger partial charge in [0.05, 0.1) is 11.5 Å². The summed E-state index contributed by atoms with van der Waals surface area (Å²) in [6.07, 6.45) is 2.91. The maximum absolute atomic E-state index is 13.1. The van der Waals surface area contributed by atoms with Gasteiger partial charge in [-0.3, -0.25) is 19.4 Å². The third kappa shape index (κ3) is 3.79. The Balaban J connectivity index is 1.67. The number of fused-ring (bicyclic) bond motifs is 1. The lowest BCUT2D eigenvalue weighted by Crippen LogP contribution is -2.46. The zero-order chi connectivity index (χ0) is 21.4. The highest BCUT2D eigenvalue weighted by Crippen LogP contribution is 2.32. The molecule has 0 bridgehead atoms. The van der Waals surface area contributed by atoms with Crippen molar-refractivity contribution in [2.24, 2.45) is 0 Å². The number of carbonyl (C=O) groups is 2. The van der Waals surface area contributed by atoms with Gasteiger partial charge in [0.1, 0.15) is 11.6 Å². The van der Waals surface area contributed by atoms with E-state index >= 15 is 0 Å². The van der Waals surface area contributed by atoms with Crippen molar-refractivity contribution in [3.05, 3.63) is 46.0 Å². The molecule has 0 aliphatic carbocycles. The number of nitrogens with one attached hydrogen (secondary N) is 3. The van der Waals surface area contributed by atoms with Gasteiger partial charge in [0.15, 0.2) is 0 Å². The van der Waals surface area contributed by atoms with Crippen LogP contribution in [0.2, 0.25) is 0 Å². The van der Waals surface area contributed by atoms with Crippen molar-refractivity contribution in [3.8, 4) is 0 Å². The molecule has 0 radical (unpaired) electrons. The van der Waals surface area contributed by atoms with Crippen LogP contribution < -0.4 is 21.1 Å². The van der Waals surface area contributed by atoms with Gasteiger partial charge < -0.3 is 15.5 Å². The van der Waals surface area contributed by atoms with Gasteiger partial charge in [0, 0.05) is 24.2 Å². The van der Waals surface area contributed by atoms with Gasteiger partial charge in [-0.15, -0.1) is 0 Å². The summed E-state index contributed by atoms with van der Waals surface area (Å²) in [6, 6.07) is 5.68. The molecule has 2 aliphatic heterocycles. The molecule has 0 unspecified atom stereocenters. The number of nitrogens with zero attached hydrogens (tertiary/aromatic N) is 2. The van der Waals surface area contributed by atoms with Crippen LogP contribution in [0.25, 0.3) is 0 Å². The number of halogens is 1. The number of rotatable bonds is 3. The molecule has 0 spiro atoms. The van der Waals surface area contributed by atoms with Crippen LogP contribution in [-0.2, 0) is 9.59 Å². The number of carbonyl (C=O) groups excluding carboxylic acids is 2. The van der Waals surface area contributed by atoms with Gasteiger partial charge >= 0.3 is 0 Å². The van der Waals surface area contributed by atoms with Gasteiger partial charge in [0.25, 0.3) is 5.56 Å². The van der Waals surface area contributed by atoms with E-state index in [0.29, 0.717) is 11.6 Å². The first kappa shape index (κ1) is 20.1. The monoisotopic (exact) mass is 413 g/mol. The normalized spacial score (nSPS) is 23.5. The second-order valence-electron chi connectivity index (χ2n) is 7.99. The number of aromatic amines is 1. The minimum atomic E-state index is -0.986. The zero-order valence-electron chi connectivity index (χ0n) is 16.9. The quantitative estimate of drug-likeness (QED) is 0.717. The summed E-state index contributed by atoms with van der Waals surface area (Å²) in [5.74, 6) is -1.79. The highest BCUT2D eigenvalue weighted by molar-refractivity contribution is 6.04. The van der Waals surface area contributed by atoms with E-state index in [1.807, 2.05) is 0 Å². The molecule has 1 fully saturated rings. The van der Waals surface area contributed by atoms with Crippen LogP contribution in [0.1, 0.15) is 51.0 Å². The number of piperidine rings is 1. The Labute approximate surface area is 172 Å². The summed E-state index contributed by atoms with van der Waals surface area (Å²) in [5, 5.41) is 5.28. The van der Waals surface area contributed by atoms with Crippen molar-refractivity contribution in [1.82, 2.24) is 9.97 Å². The maximum atomic E-state index is 13.1. The summed E-state index contributed by atoms with van der Waals surface area (Å²) in [4.78, 5) is 47.4. The second kappa shape index (κ2) is 7.89. The summed E-state index contributed by atoms with van der Waals surface area (Å²) in [7, 11) is 0. The third-order valence-corrected chi connectivity index (χ3v) is 5.80. The van der Waals surface area contributed by atoms with Crippen LogP contribution in [-0.4, -0.2) is 33.9 Å². The number of benzene rings is 1. The summed E-state index contributed by atoms with van der Waals surface area (Å²) >= 11 is 0. The SMILES string of the molecule is C[C@@H]1CCC[C@@H](C)N1c1nc2c(c(=O)[nH]1)[C@H](C(=O)Nc1ccc(F)cc1)CC(=O)N2. The largest absolute Gasteiger partial charge is 0.337 e. The molecule has 8 nitrogen and oxygen atoms in total. The second-order valence-corrected chi connectivity index (χ2v) is 7.99. The molecule has 1 aromatic heterocycles. The Morgan fingerprint density at radius 2 is 1.83 bits per heavy atom. The maximum Gasteiger partial charge on any atom is 0.258 e. The standard InChI is InChI=1S/C21H24FN5O3/c1-11-4-3-5-12(2)27(11)21-25-18-17(20(30)26-21)15(10-16(28)24-18)19(29)23-14-8-6-13(22)7-9-14/h6-9,11-12,15H,3-5,10H2,1-2H3,(H,23,29)(H2,24,25,26,28,30)/t11-,12-,15-/m1/s1. The molecule has 3 heterocycles. The fraction of sp³-hybridized carbons (Fsp3) is 0.429. The van der Waals surface area contributed by atoms with Crippen LogP contribution in [0.4, 0.5) is 21.8 Å². The van der Waals surface area contributed by atoms with Crippen molar-refractivity contribution in [2.45, 2.75) is 57.5 Å². The lowest BCUT2D eigenvalue weighted by atomic mass is 9.92. The van der Waals surface area contributed by atoms with Gasteiger partial charge in [-0.1, -0.05) is 0 Å². The van der Waals surface area contributed by atoms with Crippen molar-refractivity contribution in [2.75, 3.05) is 15.5 Å². The molecule has 3 N–H and O–H groups in total. The van der Waals surface area contributed by atoms with Gasteiger partial charge in [-0.25, -0.2) is 4.39 Å². The van der Waals surface area contributed by atoms with E-state index in [-0.39, 0.29) is 35.8 Å². The van der Waals surface area contributed by atoms with Crippen LogP contribution in [0, 0.1) is 5.82 Å². The van der Waals surface area contributed by atoms with E-state index < -0.39 is 23.2 Å². The highest BCUT2D eigenvalue weighted by Gasteiger charge is 2.36. The molecule has 1 aromatic carbocycles. The third-order valence-electron chi connectivity index (χ3n) is 5.80. The van der Waals surface area contributed by atoms with Crippen LogP contribution in [0.5, 0.6) is 0 Å². The molecule has 2 aliphatic rings. The van der Waals surface area contributed by atoms with E-state index in [2.05, 4.69) is 39.3 Å². The fourth-order valence-electron chi connectivity index (χ4n) is 4.31. The smallest absolute Gasteiger partial charge is 0.258 e. The zero-order valence-corrected chi connectivity index (χ0v) is 16.9. The molecule has 2 amide bonds. The molecular formula is C21H24FN5O3. The number of hydrogen-bond donors (Lipinski definition) is 3. The number of H-pyrrole nitrogens is 1. The average Bonchev–Trinajstić information content (AvgIpc) is 2.68. The molecule has 0 saturated carbocycles. The summed E-state index contributed by atoms with van der Waals surface area (Å²) in [6.45, 7) is 4.15. The first-order valence-electron chi connectivity index (χ1n) is 10.1. The van der Waals surface area contributed by atoms with E-state index in [1.165, 1.54) is 24.3 Å². The Morgan fingerprint density at radius 3 is 2.50 bits per heavy atom. The molecule has 2 aromatic rings. The number of hydrogen-bond acceptors (Lipinski definition) is 5. The van der Waals surface area contributed by atoms with Gasteiger partial charge in [0.2, 0.25) is 17.8 Å². The molecule has 30 heavy (non-hydrogen) atoms. The van der Waals surface area contributed by atoms with Crippen molar-refractivity contribution >= 4 is 29.3 Å². The number of anilines is 3. The summed E-state index contributed by atoms with van der Waals surface area (Å²) in [5.41, 5.74) is 0.0698. The molecular weight excluding hydrogens is 389 g/mol. The fourth-order valence-corrected chi connectivity index (χ4v) is 4.31. The highest BCUT2D eigenvalue weighted by atomic mass is 19.1. The Bertz CT molecular complexity index is 1030. The number of amides is 2. The molecule has 3 atom stereocenters. The predicted octanol–water partition coefficient (Wildman–Crippen LogP) is 2.74. The van der Waals surface area contributed by atoms with E-state index in [1.54, 1.807) is 0 Å². The predicted molar refractivity (Wildman–Crippen MR) is 111 cm³/mol. The molecule has 1 saturated heterocycles. The first-order valence-corrected chi connectivity index (χ1v) is 10.1. The van der Waals surface area contributed by atoms with Crippen LogP contribution in [0.15, 0.2) is 29.1 Å². The van der Waals surface area contributed by atoms with Crippen LogP contribution in [0.3, 0.4) is 0 Å². The minimum absolute atomic E-state index is 0.120. The Morgan fingerprint density at radius 1 is 1.17 bits per heavy atom. The van der Waals surface area contributed by atoms with Crippen molar-refractivity contribution in [1.29, 1.82) is 0 Å². The van der Waals surface area contributed by atoms with E-state index in [0.717, 1.165) is 19.3 Å². The van der Waals surface area contributed by atoms with Crippen LogP contribution >= 0.6 is 0 Å². The molecule has 9 heteroatoms. The lowest BCUT2D eigenvalue weighted by molar-refractivity contribution is -0.123. The van der Waals surface area contributed by atoms with E-state index in [4.69, 9.17) is 0 Å². The van der Waals surface area contributed by atoms with Gasteiger partial charge in [-0.05, 0) is 57.4 Å². The van der Waals surface area contributed by atoms with Crippen molar-refractivity contribution < 1.29 is 14.0 Å². The minimum Gasteiger partial charge on any atom is -0.337 e. The topological polar surface area (TPSA) is 107 Å². The number of aromatic nitrogens is 2. The Kier molecular flexibility index (Phi) is 5.27. The first-order chi connectivity index (χ1) is 14.3. The summed E-state index contributed by atoms with van der Waals surface area (Å²) < 4.78 is 13.1.